The zero-order valence-electron chi connectivity index (χ0n) is 15.2. The van der Waals surface area contributed by atoms with E-state index < -0.39 is 0 Å². The fourth-order valence-electron chi connectivity index (χ4n) is 3.19. The molecule has 0 saturated carbocycles. The van der Waals surface area contributed by atoms with Crippen LogP contribution in [0, 0.1) is 13.8 Å². The van der Waals surface area contributed by atoms with Gasteiger partial charge in [-0.3, -0.25) is 4.90 Å². The minimum atomic E-state index is 0.269. The molecule has 1 aromatic heterocycles. The molecule has 3 rings (SSSR count). The predicted molar refractivity (Wildman–Crippen MR) is 98.1 cm³/mol. The second-order valence-electron chi connectivity index (χ2n) is 6.21. The molecule has 134 valence electrons. The average Bonchev–Trinajstić information content (AvgIpc) is 2.66. The summed E-state index contributed by atoms with van der Waals surface area (Å²) in [5.41, 5.74) is 2.23. The fourth-order valence-corrected chi connectivity index (χ4v) is 3.19. The van der Waals surface area contributed by atoms with E-state index in [1.807, 2.05) is 13.8 Å². The van der Waals surface area contributed by atoms with Crippen LogP contribution in [-0.4, -0.2) is 54.8 Å². The van der Waals surface area contributed by atoms with Gasteiger partial charge in [0.2, 0.25) is 5.88 Å². The number of aromatic nitrogens is 2. The number of nitrogens with one attached hydrogen (secondary N) is 1. The first-order valence-corrected chi connectivity index (χ1v) is 8.69. The maximum absolute atomic E-state index is 5.51. The molecule has 25 heavy (non-hydrogen) atoms. The first kappa shape index (κ1) is 17.6. The van der Waals surface area contributed by atoms with E-state index in [4.69, 9.17) is 9.47 Å². The maximum atomic E-state index is 5.51. The van der Waals surface area contributed by atoms with Gasteiger partial charge in [0, 0.05) is 19.6 Å². The normalized spacial score (nSPS) is 16.4. The molecule has 0 bridgehead atoms. The van der Waals surface area contributed by atoms with Crippen molar-refractivity contribution in [2.45, 2.75) is 19.9 Å². The summed E-state index contributed by atoms with van der Waals surface area (Å²) in [5.74, 6) is 2.16. The van der Waals surface area contributed by atoms with Crippen molar-refractivity contribution >= 4 is 5.82 Å². The Kier molecular flexibility index (Phi) is 5.83. The highest BCUT2D eigenvalue weighted by Gasteiger charge is 2.23. The fraction of sp³-hybridized carbons (Fsp3) is 0.474. The quantitative estimate of drug-likeness (QED) is 0.871. The molecule has 0 amide bonds. The molecule has 0 aliphatic carbocycles. The van der Waals surface area contributed by atoms with Crippen molar-refractivity contribution in [2.75, 3.05) is 45.3 Å². The van der Waals surface area contributed by atoms with Crippen LogP contribution in [0.4, 0.5) is 5.82 Å². The summed E-state index contributed by atoms with van der Waals surface area (Å²) in [4.78, 5) is 11.3. The highest BCUT2D eigenvalue weighted by Crippen LogP contribution is 2.25. The minimum absolute atomic E-state index is 0.269. The molecule has 1 aliphatic heterocycles. The Morgan fingerprint density at radius 1 is 1.16 bits per heavy atom. The van der Waals surface area contributed by atoms with E-state index in [-0.39, 0.29) is 6.04 Å². The van der Waals surface area contributed by atoms with Gasteiger partial charge in [0.25, 0.3) is 0 Å². The van der Waals surface area contributed by atoms with E-state index in [1.165, 1.54) is 5.56 Å². The molecule has 1 N–H and O–H groups in total. The summed E-state index contributed by atoms with van der Waals surface area (Å²) in [6.07, 6.45) is 0. The number of morpholine rings is 1. The smallest absolute Gasteiger partial charge is 0.221 e. The third-order valence-corrected chi connectivity index (χ3v) is 4.54. The number of nitrogens with zero attached hydrogens (tertiary/aromatic N) is 3. The summed E-state index contributed by atoms with van der Waals surface area (Å²) in [5, 5.41) is 3.51. The van der Waals surface area contributed by atoms with Gasteiger partial charge in [0.15, 0.2) is 0 Å². The van der Waals surface area contributed by atoms with Crippen LogP contribution in [0.1, 0.15) is 23.0 Å². The van der Waals surface area contributed by atoms with E-state index in [9.17, 15) is 0 Å². The van der Waals surface area contributed by atoms with Gasteiger partial charge >= 0.3 is 0 Å². The van der Waals surface area contributed by atoms with E-state index in [0.29, 0.717) is 11.7 Å². The lowest BCUT2D eigenvalue weighted by molar-refractivity contribution is 0.0187. The topological polar surface area (TPSA) is 59.5 Å². The van der Waals surface area contributed by atoms with Gasteiger partial charge in [0.05, 0.1) is 31.9 Å². The Bertz CT molecular complexity index is 687. The number of ether oxygens (including phenoxy) is 2. The number of hydrogen-bond acceptors (Lipinski definition) is 6. The van der Waals surface area contributed by atoms with Crippen molar-refractivity contribution in [3.63, 3.8) is 0 Å². The average molecular weight is 342 g/mol. The Labute approximate surface area is 149 Å². The Hall–Kier alpha value is -2.18. The highest BCUT2D eigenvalue weighted by molar-refractivity contribution is 5.48. The largest absolute Gasteiger partial charge is 0.481 e. The van der Waals surface area contributed by atoms with Crippen molar-refractivity contribution in [1.29, 1.82) is 0 Å². The van der Waals surface area contributed by atoms with Crippen molar-refractivity contribution in [3.8, 4) is 5.88 Å². The van der Waals surface area contributed by atoms with Crippen LogP contribution in [0.15, 0.2) is 30.3 Å². The molecule has 1 aliphatic rings. The van der Waals surface area contributed by atoms with Crippen LogP contribution in [0.5, 0.6) is 5.88 Å². The molecule has 1 atom stereocenters. The number of aryl methyl sites for hydroxylation is 1. The number of methoxy groups -OCH3 is 1. The molecule has 0 radical (unpaired) electrons. The summed E-state index contributed by atoms with van der Waals surface area (Å²) < 4.78 is 10.9. The molecule has 6 nitrogen and oxygen atoms in total. The Morgan fingerprint density at radius 3 is 2.56 bits per heavy atom. The van der Waals surface area contributed by atoms with E-state index in [0.717, 1.165) is 44.2 Å². The van der Waals surface area contributed by atoms with E-state index in [1.54, 1.807) is 7.11 Å². The van der Waals surface area contributed by atoms with Crippen molar-refractivity contribution in [1.82, 2.24) is 14.9 Å². The second kappa shape index (κ2) is 8.27. The molecular formula is C19H26N4O2. The molecular weight excluding hydrogens is 316 g/mol. The van der Waals surface area contributed by atoms with Gasteiger partial charge in [-0.25, -0.2) is 4.98 Å². The summed E-state index contributed by atoms with van der Waals surface area (Å²) in [6, 6.07) is 10.9. The van der Waals surface area contributed by atoms with Crippen LogP contribution in [0.3, 0.4) is 0 Å². The predicted octanol–water partition coefficient (Wildman–Crippen LogP) is 2.59. The molecule has 2 aromatic rings. The van der Waals surface area contributed by atoms with Gasteiger partial charge in [0.1, 0.15) is 11.6 Å². The second-order valence-corrected chi connectivity index (χ2v) is 6.21. The zero-order valence-corrected chi connectivity index (χ0v) is 15.2. The van der Waals surface area contributed by atoms with Gasteiger partial charge in [-0.1, -0.05) is 30.3 Å². The first-order chi connectivity index (χ1) is 12.2. The Balaban J connectivity index is 1.80. The molecule has 6 heteroatoms. The van der Waals surface area contributed by atoms with Crippen LogP contribution >= 0.6 is 0 Å². The third kappa shape index (κ3) is 4.27. The molecule has 1 fully saturated rings. The summed E-state index contributed by atoms with van der Waals surface area (Å²) in [6.45, 7) is 8.06. The monoisotopic (exact) mass is 342 g/mol. The summed E-state index contributed by atoms with van der Waals surface area (Å²) in [7, 11) is 1.64. The van der Waals surface area contributed by atoms with Crippen molar-refractivity contribution in [3.05, 3.63) is 47.3 Å². The van der Waals surface area contributed by atoms with E-state index in [2.05, 4.69) is 50.5 Å². The molecule has 0 spiro atoms. The molecule has 1 saturated heterocycles. The molecule has 2 heterocycles. The third-order valence-electron chi connectivity index (χ3n) is 4.54. The first-order valence-electron chi connectivity index (χ1n) is 8.69. The number of anilines is 1. The van der Waals surface area contributed by atoms with Gasteiger partial charge in [-0.2, -0.15) is 4.98 Å². The lowest BCUT2D eigenvalue weighted by Crippen LogP contribution is -2.41. The van der Waals surface area contributed by atoms with Gasteiger partial charge in [-0.05, 0) is 19.4 Å². The molecule has 1 aromatic carbocycles. The van der Waals surface area contributed by atoms with E-state index >= 15 is 0 Å². The van der Waals surface area contributed by atoms with Crippen LogP contribution in [-0.2, 0) is 4.74 Å². The number of benzene rings is 1. The van der Waals surface area contributed by atoms with Crippen LogP contribution in [0.2, 0.25) is 0 Å². The standard InChI is InChI=1S/C19H26N4O2/c1-14-18(21-15(2)22-19(14)24-3)20-13-17(16-7-5-4-6-8-16)23-9-11-25-12-10-23/h4-8,17H,9-13H2,1-3H3,(H,20,21,22). The van der Waals surface area contributed by atoms with Crippen molar-refractivity contribution in [2.24, 2.45) is 0 Å². The summed E-state index contributed by atoms with van der Waals surface area (Å²) >= 11 is 0. The van der Waals surface area contributed by atoms with Crippen molar-refractivity contribution < 1.29 is 9.47 Å². The minimum Gasteiger partial charge on any atom is -0.481 e. The van der Waals surface area contributed by atoms with Gasteiger partial charge < -0.3 is 14.8 Å². The number of rotatable bonds is 6. The highest BCUT2D eigenvalue weighted by atomic mass is 16.5. The SMILES string of the molecule is COc1nc(C)nc(NCC(c2ccccc2)N2CCOCC2)c1C. The number of hydrogen-bond donors (Lipinski definition) is 1. The maximum Gasteiger partial charge on any atom is 0.221 e. The Morgan fingerprint density at radius 2 is 1.88 bits per heavy atom. The molecule has 1 unspecified atom stereocenters. The van der Waals surface area contributed by atoms with Crippen LogP contribution < -0.4 is 10.1 Å². The van der Waals surface area contributed by atoms with Crippen LogP contribution in [0.25, 0.3) is 0 Å². The lowest BCUT2D eigenvalue weighted by atomic mass is 10.0. The van der Waals surface area contributed by atoms with Gasteiger partial charge in [-0.15, -0.1) is 0 Å². The zero-order chi connectivity index (χ0) is 17.6. The lowest BCUT2D eigenvalue weighted by Gasteiger charge is -2.35.